The number of pyridine rings is 1. The van der Waals surface area contributed by atoms with E-state index in [2.05, 4.69) is 15.6 Å². The number of nitrogens with zero attached hydrogens (tertiary/aromatic N) is 1. The van der Waals surface area contributed by atoms with E-state index < -0.39 is 30.4 Å². The fourth-order valence-corrected chi connectivity index (χ4v) is 2.22. The minimum Gasteiger partial charge on any atom is -0.451 e. The molecule has 0 unspecified atom stereocenters. The van der Waals surface area contributed by atoms with Gasteiger partial charge in [-0.3, -0.25) is 19.4 Å². The highest BCUT2D eigenvalue weighted by atomic mass is 35.5. The Morgan fingerprint density at radius 1 is 1.15 bits per heavy atom. The van der Waals surface area contributed by atoms with Crippen LogP contribution in [0.3, 0.4) is 0 Å². The van der Waals surface area contributed by atoms with Crippen LogP contribution in [0.4, 0.5) is 5.69 Å². The van der Waals surface area contributed by atoms with Crippen molar-refractivity contribution in [3.63, 3.8) is 0 Å². The topological polar surface area (TPSA) is 97.4 Å². The largest absolute Gasteiger partial charge is 0.451 e. The number of anilines is 1. The monoisotopic (exact) mass is 395 g/mol. The molecule has 0 bridgehead atoms. The molecule has 0 saturated heterocycles. The first-order chi connectivity index (χ1) is 12.3. The molecule has 0 fully saturated rings. The van der Waals surface area contributed by atoms with Crippen LogP contribution in [0.5, 0.6) is 0 Å². The fraction of sp³-hybridized carbons (Fsp3) is 0.176. The van der Waals surface area contributed by atoms with Gasteiger partial charge in [-0.25, -0.2) is 0 Å². The van der Waals surface area contributed by atoms with E-state index in [4.69, 9.17) is 27.9 Å². The maximum atomic E-state index is 12.0. The van der Waals surface area contributed by atoms with Crippen LogP contribution in [0.25, 0.3) is 0 Å². The lowest BCUT2D eigenvalue weighted by molar-refractivity contribution is -0.152. The number of amides is 2. The van der Waals surface area contributed by atoms with Crippen molar-refractivity contribution in [3.8, 4) is 0 Å². The molecular formula is C17H15Cl2N3O4. The zero-order chi connectivity index (χ0) is 19.1. The summed E-state index contributed by atoms with van der Waals surface area (Å²) in [7, 11) is 0. The molecule has 9 heteroatoms. The summed E-state index contributed by atoms with van der Waals surface area (Å²) in [6.45, 7) is 1.000. The van der Waals surface area contributed by atoms with E-state index in [1.807, 2.05) is 0 Å². The van der Waals surface area contributed by atoms with Gasteiger partial charge >= 0.3 is 5.97 Å². The number of hydrogen-bond donors (Lipinski definition) is 2. The van der Waals surface area contributed by atoms with Crippen LogP contribution in [0.2, 0.25) is 10.0 Å². The third kappa shape index (κ3) is 6.02. The van der Waals surface area contributed by atoms with Gasteiger partial charge in [0.1, 0.15) is 12.2 Å². The Hall–Kier alpha value is -2.64. The molecule has 2 amide bonds. The Morgan fingerprint density at radius 3 is 2.58 bits per heavy atom. The molecule has 2 rings (SSSR count). The van der Waals surface area contributed by atoms with E-state index in [-0.39, 0.29) is 5.69 Å². The first-order valence-corrected chi connectivity index (χ1v) is 8.26. The molecule has 2 aromatic rings. The van der Waals surface area contributed by atoms with Crippen LogP contribution >= 0.6 is 23.2 Å². The van der Waals surface area contributed by atoms with Gasteiger partial charge in [0.25, 0.3) is 11.8 Å². The summed E-state index contributed by atoms with van der Waals surface area (Å²) in [6.07, 6.45) is 0.320. The van der Waals surface area contributed by atoms with Gasteiger partial charge < -0.3 is 15.4 Å². The van der Waals surface area contributed by atoms with Gasteiger partial charge in [-0.15, -0.1) is 0 Å². The maximum Gasteiger partial charge on any atom is 0.326 e. The summed E-state index contributed by atoms with van der Waals surface area (Å²) in [4.78, 5) is 39.5. The SMILES string of the molecule is C[C@H](OC(=O)CNC(=O)c1cc(Cl)ccn1)C(=O)Nc1cccc(Cl)c1. The number of carbonyl (C=O) groups is 3. The number of hydrogen-bond acceptors (Lipinski definition) is 5. The Bertz CT molecular complexity index is 829. The number of esters is 1. The standard InChI is InChI=1S/C17H15Cl2N3O4/c1-10(16(24)22-13-4-2-3-11(18)7-13)26-15(23)9-21-17(25)14-8-12(19)5-6-20-14/h2-8,10H,9H2,1H3,(H,21,25)(H,22,24)/t10-/m0/s1. The molecule has 1 aromatic carbocycles. The van der Waals surface area contributed by atoms with Crippen molar-refractivity contribution in [1.82, 2.24) is 10.3 Å². The number of benzene rings is 1. The Labute approximate surface area is 159 Å². The van der Waals surface area contributed by atoms with Crippen molar-refractivity contribution in [2.45, 2.75) is 13.0 Å². The molecule has 1 aromatic heterocycles. The van der Waals surface area contributed by atoms with Gasteiger partial charge in [-0.1, -0.05) is 29.3 Å². The predicted octanol–water partition coefficient (Wildman–Crippen LogP) is 2.69. The second kappa shape index (κ2) is 9.17. The molecule has 7 nitrogen and oxygen atoms in total. The van der Waals surface area contributed by atoms with Crippen LogP contribution < -0.4 is 10.6 Å². The Kier molecular flexibility index (Phi) is 6.94. The molecule has 1 atom stereocenters. The lowest BCUT2D eigenvalue weighted by atomic mass is 10.3. The highest BCUT2D eigenvalue weighted by molar-refractivity contribution is 6.31. The predicted molar refractivity (Wildman–Crippen MR) is 97.2 cm³/mol. The van der Waals surface area contributed by atoms with E-state index in [9.17, 15) is 14.4 Å². The zero-order valence-electron chi connectivity index (χ0n) is 13.7. The van der Waals surface area contributed by atoms with E-state index in [0.717, 1.165) is 0 Å². The van der Waals surface area contributed by atoms with Crippen molar-refractivity contribution < 1.29 is 19.1 Å². The zero-order valence-corrected chi connectivity index (χ0v) is 15.2. The first-order valence-electron chi connectivity index (χ1n) is 7.51. The summed E-state index contributed by atoms with van der Waals surface area (Å²) in [6, 6.07) is 9.44. The van der Waals surface area contributed by atoms with Crippen molar-refractivity contribution in [3.05, 3.63) is 58.3 Å². The lowest BCUT2D eigenvalue weighted by Gasteiger charge is -2.14. The van der Waals surface area contributed by atoms with Crippen molar-refractivity contribution in [2.75, 3.05) is 11.9 Å². The summed E-state index contributed by atoms with van der Waals surface area (Å²) in [5.41, 5.74) is 0.544. The quantitative estimate of drug-likeness (QED) is 0.732. The Morgan fingerprint density at radius 2 is 1.88 bits per heavy atom. The number of ether oxygens (including phenoxy) is 1. The number of nitrogens with one attached hydrogen (secondary N) is 2. The van der Waals surface area contributed by atoms with Crippen LogP contribution in [0, 0.1) is 0 Å². The maximum absolute atomic E-state index is 12.0. The fourth-order valence-electron chi connectivity index (χ4n) is 1.87. The normalized spacial score (nSPS) is 11.3. The summed E-state index contributed by atoms with van der Waals surface area (Å²) in [5.74, 6) is -1.88. The minimum atomic E-state index is -1.05. The molecule has 0 aliphatic heterocycles. The molecular weight excluding hydrogens is 381 g/mol. The molecule has 26 heavy (non-hydrogen) atoms. The van der Waals surface area contributed by atoms with Crippen molar-refractivity contribution >= 4 is 46.7 Å². The van der Waals surface area contributed by atoms with Gasteiger partial charge in [0.2, 0.25) is 0 Å². The van der Waals surface area contributed by atoms with Gasteiger partial charge in [0, 0.05) is 21.9 Å². The minimum absolute atomic E-state index is 0.0667. The van der Waals surface area contributed by atoms with Crippen LogP contribution in [0.1, 0.15) is 17.4 Å². The van der Waals surface area contributed by atoms with Crippen LogP contribution in [-0.2, 0) is 14.3 Å². The van der Waals surface area contributed by atoms with Crippen molar-refractivity contribution in [1.29, 1.82) is 0 Å². The molecule has 136 valence electrons. The third-order valence-corrected chi connectivity index (χ3v) is 3.59. The van der Waals surface area contributed by atoms with E-state index >= 15 is 0 Å². The second-order valence-corrected chi connectivity index (χ2v) is 6.05. The average Bonchev–Trinajstić information content (AvgIpc) is 2.59. The Balaban J connectivity index is 1.81. The van der Waals surface area contributed by atoms with Gasteiger partial charge in [-0.05, 0) is 37.3 Å². The van der Waals surface area contributed by atoms with Crippen molar-refractivity contribution in [2.24, 2.45) is 0 Å². The van der Waals surface area contributed by atoms with Crippen LogP contribution in [0.15, 0.2) is 42.6 Å². The molecule has 0 spiro atoms. The second-order valence-electron chi connectivity index (χ2n) is 5.17. The first kappa shape index (κ1) is 19.7. The number of carbonyl (C=O) groups excluding carboxylic acids is 3. The van der Waals surface area contributed by atoms with Gasteiger partial charge in [0.05, 0.1) is 0 Å². The molecule has 0 aliphatic carbocycles. The summed E-state index contributed by atoms with van der Waals surface area (Å²) in [5, 5.41) is 5.72. The number of aromatic nitrogens is 1. The highest BCUT2D eigenvalue weighted by Gasteiger charge is 2.19. The number of rotatable bonds is 6. The molecule has 0 saturated carbocycles. The van der Waals surface area contributed by atoms with Gasteiger partial charge in [-0.2, -0.15) is 0 Å². The third-order valence-electron chi connectivity index (χ3n) is 3.12. The molecule has 1 heterocycles. The van der Waals surface area contributed by atoms with E-state index in [1.165, 1.54) is 25.3 Å². The van der Waals surface area contributed by atoms with Gasteiger partial charge in [0.15, 0.2) is 6.10 Å². The summed E-state index contributed by atoms with van der Waals surface area (Å²) < 4.78 is 4.98. The van der Waals surface area contributed by atoms with Crippen LogP contribution in [-0.4, -0.2) is 35.4 Å². The molecule has 2 N–H and O–H groups in total. The molecule has 0 aliphatic rings. The summed E-state index contributed by atoms with van der Waals surface area (Å²) >= 11 is 11.6. The molecule has 0 radical (unpaired) electrons. The van der Waals surface area contributed by atoms with E-state index in [0.29, 0.717) is 15.7 Å². The van der Waals surface area contributed by atoms with E-state index in [1.54, 1.807) is 24.3 Å². The highest BCUT2D eigenvalue weighted by Crippen LogP contribution is 2.15. The lowest BCUT2D eigenvalue weighted by Crippen LogP contribution is -2.36. The number of halogens is 2. The smallest absolute Gasteiger partial charge is 0.326 e. The average molecular weight is 396 g/mol.